The zero-order valence-corrected chi connectivity index (χ0v) is 26.6. The van der Waals surface area contributed by atoms with E-state index < -0.39 is 11.9 Å². The molecule has 0 unspecified atom stereocenters. The molecule has 0 aromatic heterocycles. The Morgan fingerprint density at radius 3 is 1.05 bits per heavy atom. The summed E-state index contributed by atoms with van der Waals surface area (Å²) in [6.45, 7) is 4.49. The average molecular weight is 563 g/mol. The topological polar surface area (TPSA) is 74.6 Å². The molecule has 0 heterocycles. The second-order valence-electron chi connectivity index (χ2n) is 11.1. The molecular weight excluding hydrogens is 496 g/mol. The minimum absolute atomic E-state index is 0.324. The van der Waals surface area contributed by atoms with Crippen molar-refractivity contribution < 1.29 is 19.8 Å². The zero-order valence-electron chi connectivity index (χ0n) is 26.6. The van der Waals surface area contributed by atoms with E-state index in [0.717, 1.165) is 38.5 Å². The van der Waals surface area contributed by atoms with Crippen LogP contribution >= 0.6 is 0 Å². The lowest BCUT2D eigenvalue weighted by molar-refractivity contribution is -0.138. The van der Waals surface area contributed by atoms with Gasteiger partial charge in [0.2, 0.25) is 0 Å². The van der Waals surface area contributed by atoms with E-state index in [1.807, 2.05) is 0 Å². The first-order valence-electron chi connectivity index (χ1n) is 16.9. The second-order valence-corrected chi connectivity index (χ2v) is 11.1. The van der Waals surface area contributed by atoms with Gasteiger partial charge in [0.15, 0.2) is 0 Å². The Morgan fingerprint density at radius 1 is 0.400 bits per heavy atom. The van der Waals surface area contributed by atoms with Crippen molar-refractivity contribution in [3.63, 3.8) is 0 Å². The summed E-state index contributed by atoms with van der Waals surface area (Å²) in [7, 11) is 0. The van der Waals surface area contributed by atoms with Gasteiger partial charge in [-0.05, 0) is 70.6 Å². The van der Waals surface area contributed by atoms with Gasteiger partial charge in [0.1, 0.15) is 0 Å². The highest BCUT2D eigenvalue weighted by molar-refractivity contribution is 5.66. The molecule has 0 aliphatic heterocycles. The highest BCUT2D eigenvalue weighted by Crippen LogP contribution is 2.10. The lowest BCUT2D eigenvalue weighted by Crippen LogP contribution is -1.93. The van der Waals surface area contributed by atoms with Crippen LogP contribution in [0.15, 0.2) is 36.5 Å². The standard InChI is InChI=1S/C18H34O2.C18H32O2/c2*1-2-3-4-5-6-7-8-9-10-11-12-13-14-15-16-17-18(19)20/h9-10H,2-8,11-17H2,1H3,(H,19,20);6-7,9-10H,2-5,8,11-17H2,1H3,(H,19,20)/b10-9-;7-6-,10-9-. The van der Waals surface area contributed by atoms with Gasteiger partial charge in [0.25, 0.3) is 0 Å². The van der Waals surface area contributed by atoms with E-state index in [1.54, 1.807) is 0 Å². The Kier molecular flexibility index (Phi) is 37.4. The van der Waals surface area contributed by atoms with Gasteiger partial charge >= 0.3 is 11.9 Å². The number of aliphatic carboxylic acids is 2. The van der Waals surface area contributed by atoms with Crippen LogP contribution in [0.5, 0.6) is 0 Å². The van der Waals surface area contributed by atoms with Crippen LogP contribution in [0.1, 0.15) is 181 Å². The van der Waals surface area contributed by atoms with Crippen molar-refractivity contribution >= 4 is 11.9 Å². The quantitative estimate of drug-likeness (QED) is 0.0702. The van der Waals surface area contributed by atoms with Crippen molar-refractivity contribution in [3.8, 4) is 0 Å². The van der Waals surface area contributed by atoms with Crippen molar-refractivity contribution in [2.45, 2.75) is 181 Å². The van der Waals surface area contributed by atoms with E-state index in [0.29, 0.717) is 12.8 Å². The lowest BCUT2D eigenvalue weighted by atomic mass is 10.1. The van der Waals surface area contributed by atoms with Gasteiger partial charge in [-0.3, -0.25) is 9.59 Å². The third-order valence-corrected chi connectivity index (χ3v) is 6.99. The van der Waals surface area contributed by atoms with Gasteiger partial charge in [-0.15, -0.1) is 0 Å². The van der Waals surface area contributed by atoms with Crippen molar-refractivity contribution in [1.82, 2.24) is 0 Å². The van der Waals surface area contributed by atoms with E-state index in [1.165, 1.54) is 116 Å². The van der Waals surface area contributed by atoms with E-state index in [4.69, 9.17) is 10.2 Å². The van der Waals surface area contributed by atoms with E-state index in [9.17, 15) is 9.59 Å². The number of hydrogen-bond donors (Lipinski definition) is 2. The molecule has 234 valence electrons. The maximum Gasteiger partial charge on any atom is 0.303 e. The van der Waals surface area contributed by atoms with Crippen LogP contribution in [-0.4, -0.2) is 22.2 Å². The van der Waals surface area contributed by atoms with Crippen molar-refractivity contribution in [3.05, 3.63) is 36.5 Å². The van der Waals surface area contributed by atoms with Crippen LogP contribution in [-0.2, 0) is 9.59 Å². The molecule has 2 N–H and O–H groups in total. The van der Waals surface area contributed by atoms with Crippen molar-refractivity contribution in [2.24, 2.45) is 0 Å². The van der Waals surface area contributed by atoms with E-state index in [2.05, 4.69) is 50.3 Å². The van der Waals surface area contributed by atoms with Gasteiger partial charge in [0, 0.05) is 12.8 Å². The van der Waals surface area contributed by atoms with Gasteiger partial charge < -0.3 is 10.2 Å². The number of carboxylic acid groups (broad SMARTS) is 2. The molecule has 0 saturated heterocycles. The fourth-order valence-electron chi connectivity index (χ4n) is 4.43. The number of hydrogen-bond acceptors (Lipinski definition) is 2. The second kappa shape index (κ2) is 37.2. The Balaban J connectivity index is 0. The first kappa shape index (κ1) is 40.3. The monoisotopic (exact) mass is 562 g/mol. The molecule has 0 bridgehead atoms. The Hall–Kier alpha value is -1.84. The summed E-state index contributed by atoms with van der Waals surface area (Å²) < 4.78 is 0. The molecule has 0 spiro atoms. The molecule has 0 radical (unpaired) electrons. The predicted octanol–water partition coefficient (Wildman–Crippen LogP) is 12.0. The number of unbranched alkanes of at least 4 members (excludes halogenated alkanes) is 19. The van der Waals surface area contributed by atoms with E-state index >= 15 is 0 Å². The molecule has 0 saturated carbocycles. The zero-order chi connectivity index (χ0) is 29.8. The average Bonchev–Trinajstić information content (AvgIpc) is 2.93. The predicted molar refractivity (Wildman–Crippen MR) is 174 cm³/mol. The molecule has 0 aromatic rings. The lowest BCUT2D eigenvalue weighted by Gasteiger charge is -1.99. The molecule has 0 aliphatic rings. The molecular formula is C36H66O4. The van der Waals surface area contributed by atoms with Crippen LogP contribution < -0.4 is 0 Å². The number of carbonyl (C=O) groups is 2. The molecule has 0 aromatic carbocycles. The van der Waals surface area contributed by atoms with Gasteiger partial charge in [0.05, 0.1) is 0 Å². The highest BCUT2D eigenvalue weighted by atomic mass is 16.4. The third-order valence-electron chi connectivity index (χ3n) is 6.99. The summed E-state index contributed by atoms with van der Waals surface area (Å²) in [6.07, 6.45) is 43.5. The molecule has 0 aliphatic carbocycles. The molecule has 0 atom stereocenters. The first-order valence-corrected chi connectivity index (χ1v) is 16.9. The summed E-state index contributed by atoms with van der Waals surface area (Å²) in [4.78, 5) is 20.6. The van der Waals surface area contributed by atoms with Crippen LogP contribution in [0.4, 0.5) is 0 Å². The number of rotatable bonds is 29. The number of carboxylic acids is 2. The SMILES string of the molecule is CCCCC/C=C\C/C=C\CCCCCCCC(=O)O.CCCCCCCC/C=C\CCCCCCCC(=O)O. The minimum Gasteiger partial charge on any atom is -0.481 e. The van der Waals surface area contributed by atoms with Gasteiger partial charge in [-0.25, -0.2) is 0 Å². The van der Waals surface area contributed by atoms with Gasteiger partial charge in [-0.2, -0.15) is 0 Å². The molecule has 40 heavy (non-hydrogen) atoms. The van der Waals surface area contributed by atoms with Crippen molar-refractivity contribution in [1.29, 1.82) is 0 Å². The Morgan fingerprint density at radius 2 is 0.675 bits per heavy atom. The fourth-order valence-corrected chi connectivity index (χ4v) is 4.43. The summed E-state index contributed by atoms with van der Waals surface area (Å²) in [5, 5.41) is 17.0. The smallest absolute Gasteiger partial charge is 0.303 e. The summed E-state index contributed by atoms with van der Waals surface area (Å²) in [5.41, 5.74) is 0. The largest absolute Gasteiger partial charge is 0.481 e. The van der Waals surface area contributed by atoms with Crippen LogP contribution in [0.25, 0.3) is 0 Å². The van der Waals surface area contributed by atoms with Gasteiger partial charge in [-0.1, -0.05) is 134 Å². The summed E-state index contributed by atoms with van der Waals surface area (Å²) in [6, 6.07) is 0. The molecule has 4 heteroatoms. The molecule has 4 nitrogen and oxygen atoms in total. The van der Waals surface area contributed by atoms with Crippen LogP contribution in [0, 0.1) is 0 Å². The van der Waals surface area contributed by atoms with E-state index in [-0.39, 0.29) is 0 Å². The van der Waals surface area contributed by atoms with Crippen molar-refractivity contribution in [2.75, 3.05) is 0 Å². The Labute approximate surface area is 248 Å². The molecule has 0 amide bonds. The maximum atomic E-state index is 10.3. The minimum atomic E-state index is -0.671. The Bertz CT molecular complexity index is 606. The molecule has 0 rings (SSSR count). The molecule has 0 fully saturated rings. The normalized spacial score (nSPS) is 11.4. The first-order chi connectivity index (χ1) is 19.5. The number of allylic oxidation sites excluding steroid dienone is 6. The summed E-state index contributed by atoms with van der Waals surface area (Å²) in [5.74, 6) is -1.33. The summed E-state index contributed by atoms with van der Waals surface area (Å²) >= 11 is 0. The fraction of sp³-hybridized carbons (Fsp3) is 0.778. The maximum absolute atomic E-state index is 10.3. The van der Waals surface area contributed by atoms with Crippen LogP contribution in [0.2, 0.25) is 0 Å². The third kappa shape index (κ3) is 43.2. The van der Waals surface area contributed by atoms with Crippen LogP contribution in [0.3, 0.4) is 0 Å². The highest BCUT2D eigenvalue weighted by Gasteiger charge is 1.97.